The fraction of sp³-hybridized carbons (Fsp3) is 0.333. The number of aromatic amines is 1. The molecule has 0 bridgehead atoms. The molecule has 11 heavy (non-hydrogen) atoms. The Bertz CT molecular complexity index is 305. The van der Waals surface area contributed by atoms with Gasteiger partial charge in [0.05, 0.1) is 6.10 Å². The predicted molar refractivity (Wildman–Crippen MR) is 39.9 cm³/mol. The normalized spacial score (nSPS) is 12.9. The van der Waals surface area contributed by atoms with E-state index in [0.717, 1.165) is 0 Å². The van der Waals surface area contributed by atoms with Crippen molar-refractivity contribution in [2.75, 3.05) is 5.73 Å². The van der Waals surface area contributed by atoms with Crippen molar-refractivity contribution in [3.05, 3.63) is 22.2 Å². The van der Waals surface area contributed by atoms with E-state index in [1.165, 1.54) is 6.20 Å². The summed E-state index contributed by atoms with van der Waals surface area (Å²) >= 11 is 0. The van der Waals surface area contributed by atoms with E-state index in [1.54, 1.807) is 6.92 Å². The highest BCUT2D eigenvalue weighted by Crippen LogP contribution is 2.13. The Hall–Kier alpha value is -1.36. The predicted octanol–water partition coefficient (Wildman–Crippen LogP) is -0.595. The van der Waals surface area contributed by atoms with Crippen molar-refractivity contribution in [1.82, 2.24) is 9.97 Å². The molecular formula is C6H9N3O2. The zero-order valence-electron chi connectivity index (χ0n) is 6.03. The molecule has 0 aliphatic rings. The third kappa shape index (κ3) is 1.56. The Morgan fingerprint density at radius 1 is 1.82 bits per heavy atom. The molecular weight excluding hydrogens is 146 g/mol. The number of H-pyrrole nitrogens is 1. The number of aromatic nitrogens is 2. The molecule has 1 aromatic rings. The van der Waals surface area contributed by atoms with Crippen LogP contribution in [0.1, 0.15) is 18.6 Å². The molecule has 1 unspecified atom stereocenters. The molecule has 1 rings (SSSR count). The zero-order chi connectivity index (χ0) is 8.43. The van der Waals surface area contributed by atoms with Crippen LogP contribution in [0.4, 0.5) is 5.82 Å². The molecule has 1 atom stereocenters. The van der Waals surface area contributed by atoms with Crippen LogP contribution >= 0.6 is 0 Å². The lowest BCUT2D eigenvalue weighted by Gasteiger charge is -2.05. The van der Waals surface area contributed by atoms with E-state index in [2.05, 4.69) is 9.97 Å². The third-order valence-electron chi connectivity index (χ3n) is 1.32. The van der Waals surface area contributed by atoms with E-state index in [-0.39, 0.29) is 5.82 Å². The largest absolute Gasteiger partial charge is 0.389 e. The molecule has 1 aromatic heterocycles. The van der Waals surface area contributed by atoms with Gasteiger partial charge in [-0.05, 0) is 6.92 Å². The van der Waals surface area contributed by atoms with Crippen LogP contribution in [0.2, 0.25) is 0 Å². The third-order valence-corrected chi connectivity index (χ3v) is 1.32. The quantitative estimate of drug-likeness (QED) is 0.505. The van der Waals surface area contributed by atoms with Gasteiger partial charge in [-0.2, -0.15) is 0 Å². The second-order valence-corrected chi connectivity index (χ2v) is 2.23. The van der Waals surface area contributed by atoms with Crippen molar-refractivity contribution in [2.45, 2.75) is 13.0 Å². The van der Waals surface area contributed by atoms with Gasteiger partial charge in [0.15, 0.2) is 0 Å². The minimum atomic E-state index is -0.709. The first-order valence-electron chi connectivity index (χ1n) is 3.14. The summed E-state index contributed by atoms with van der Waals surface area (Å²) in [4.78, 5) is 16.2. The lowest BCUT2D eigenvalue weighted by Crippen LogP contribution is -2.14. The summed E-state index contributed by atoms with van der Waals surface area (Å²) < 4.78 is 0. The molecule has 0 saturated heterocycles. The average molecular weight is 155 g/mol. The summed E-state index contributed by atoms with van der Waals surface area (Å²) in [5.41, 5.74) is 5.29. The van der Waals surface area contributed by atoms with Crippen molar-refractivity contribution in [3.63, 3.8) is 0 Å². The highest BCUT2D eigenvalue weighted by Gasteiger charge is 2.05. The van der Waals surface area contributed by atoms with Gasteiger partial charge in [-0.1, -0.05) is 0 Å². The van der Waals surface area contributed by atoms with Crippen molar-refractivity contribution in [3.8, 4) is 0 Å². The lowest BCUT2D eigenvalue weighted by molar-refractivity contribution is 0.199. The topological polar surface area (TPSA) is 92.0 Å². The first-order chi connectivity index (χ1) is 5.11. The minimum Gasteiger partial charge on any atom is -0.389 e. The van der Waals surface area contributed by atoms with E-state index < -0.39 is 11.8 Å². The van der Waals surface area contributed by atoms with E-state index in [1.807, 2.05) is 0 Å². The second kappa shape index (κ2) is 2.71. The van der Waals surface area contributed by atoms with E-state index in [0.29, 0.717) is 5.56 Å². The number of nitrogen functional groups attached to an aromatic ring is 1. The maximum Gasteiger partial charge on any atom is 0.346 e. The van der Waals surface area contributed by atoms with Crippen LogP contribution in [0.15, 0.2) is 11.0 Å². The van der Waals surface area contributed by atoms with Gasteiger partial charge in [0.25, 0.3) is 0 Å². The van der Waals surface area contributed by atoms with Gasteiger partial charge >= 0.3 is 5.69 Å². The number of hydrogen-bond donors (Lipinski definition) is 3. The molecule has 0 fully saturated rings. The summed E-state index contributed by atoms with van der Waals surface area (Å²) in [5.74, 6) is 0.167. The van der Waals surface area contributed by atoms with Crippen LogP contribution in [0.3, 0.4) is 0 Å². The SMILES string of the molecule is CC(O)c1cnc(=O)[nH]c1N. The van der Waals surface area contributed by atoms with Gasteiger partial charge in [-0.25, -0.2) is 9.78 Å². The molecule has 60 valence electrons. The monoisotopic (exact) mass is 155 g/mol. The number of nitrogens with one attached hydrogen (secondary N) is 1. The molecule has 4 N–H and O–H groups in total. The Kier molecular flexibility index (Phi) is 1.91. The van der Waals surface area contributed by atoms with Gasteiger partial charge in [0.2, 0.25) is 0 Å². The van der Waals surface area contributed by atoms with Crippen molar-refractivity contribution < 1.29 is 5.11 Å². The summed E-state index contributed by atoms with van der Waals surface area (Å²) in [5, 5.41) is 9.05. The van der Waals surface area contributed by atoms with E-state index in [4.69, 9.17) is 10.8 Å². The van der Waals surface area contributed by atoms with Gasteiger partial charge in [0, 0.05) is 11.8 Å². The molecule has 0 aromatic carbocycles. The number of rotatable bonds is 1. The summed E-state index contributed by atoms with van der Waals surface area (Å²) in [7, 11) is 0. The molecule has 0 aliphatic carbocycles. The summed E-state index contributed by atoms with van der Waals surface area (Å²) in [6.45, 7) is 1.55. The Morgan fingerprint density at radius 3 is 2.91 bits per heavy atom. The maximum atomic E-state index is 10.5. The van der Waals surface area contributed by atoms with Crippen LogP contribution in [-0.2, 0) is 0 Å². The summed E-state index contributed by atoms with van der Waals surface area (Å²) in [6.07, 6.45) is 0.554. The molecule has 0 saturated carbocycles. The van der Waals surface area contributed by atoms with Crippen molar-refractivity contribution >= 4 is 5.82 Å². The minimum absolute atomic E-state index is 0.167. The molecule has 5 heteroatoms. The average Bonchev–Trinajstić information content (AvgIpc) is 1.85. The lowest BCUT2D eigenvalue weighted by atomic mass is 10.2. The van der Waals surface area contributed by atoms with Crippen LogP contribution in [0.5, 0.6) is 0 Å². The Balaban J connectivity index is 3.20. The molecule has 0 spiro atoms. The number of aliphatic hydroxyl groups is 1. The van der Waals surface area contributed by atoms with Gasteiger partial charge in [-0.3, -0.25) is 4.98 Å². The van der Waals surface area contributed by atoms with Crippen LogP contribution < -0.4 is 11.4 Å². The molecule has 5 nitrogen and oxygen atoms in total. The Morgan fingerprint density at radius 2 is 2.45 bits per heavy atom. The molecule has 0 aliphatic heterocycles. The summed E-state index contributed by atoms with van der Waals surface area (Å²) in [6, 6.07) is 0. The highest BCUT2D eigenvalue weighted by molar-refractivity contribution is 5.37. The standard InChI is InChI=1S/C6H9N3O2/c1-3(10)4-2-8-6(11)9-5(4)7/h2-3,10H,1H3,(H3,7,8,9,11). The van der Waals surface area contributed by atoms with Crippen LogP contribution in [0.25, 0.3) is 0 Å². The van der Waals surface area contributed by atoms with Gasteiger partial charge in [-0.15, -0.1) is 0 Å². The fourth-order valence-electron chi connectivity index (χ4n) is 0.750. The van der Waals surface area contributed by atoms with Crippen LogP contribution in [-0.4, -0.2) is 15.1 Å². The highest BCUT2D eigenvalue weighted by atomic mass is 16.3. The molecule has 0 radical (unpaired) electrons. The number of hydrogen-bond acceptors (Lipinski definition) is 4. The van der Waals surface area contributed by atoms with Crippen LogP contribution in [0, 0.1) is 0 Å². The van der Waals surface area contributed by atoms with E-state index in [9.17, 15) is 4.79 Å². The van der Waals surface area contributed by atoms with Crippen molar-refractivity contribution in [1.29, 1.82) is 0 Å². The number of nitrogens with zero attached hydrogens (tertiary/aromatic N) is 1. The van der Waals surface area contributed by atoms with Gasteiger partial charge in [0.1, 0.15) is 5.82 Å². The smallest absolute Gasteiger partial charge is 0.346 e. The zero-order valence-corrected chi connectivity index (χ0v) is 6.03. The molecule has 1 heterocycles. The molecule has 0 amide bonds. The van der Waals surface area contributed by atoms with Crippen molar-refractivity contribution in [2.24, 2.45) is 0 Å². The number of nitrogens with two attached hydrogens (primary N) is 1. The first kappa shape index (κ1) is 7.74. The maximum absolute atomic E-state index is 10.5. The van der Waals surface area contributed by atoms with E-state index >= 15 is 0 Å². The van der Waals surface area contributed by atoms with Gasteiger partial charge < -0.3 is 10.8 Å². The Labute approximate surface area is 62.9 Å². The first-order valence-corrected chi connectivity index (χ1v) is 3.14. The number of anilines is 1. The second-order valence-electron chi connectivity index (χ2n) is 2.23. The fourth-order valence-corrected chi connectivity index (χ4v) is 0.750. The number of aliphatic hydroxyl groups excluding tert-OH is 1.